The Morgan fingerprint density at radius 3 is 2.43 bits per heavy atom. The van der Waals surface area contributed by atoms with Gasteiger partial charge in [0.2, 0.25) is 5.88 Å². The number of rotatable bonds is 6. The highest BCUT2D eigenvalue weighted by Crippen LogP contribution is 2.44. The second-order valence-electron chi connectivity index (χ2n) is 6.56. The quantitative estimate of drug-likeness (QED) is 0.733. The lowest BCUT2D eigenvalue weighted by Gasteiger charge is -2.30. The number of nitriles is 1. The SMILES string of the molecule is CCOC(=O)C1=C(N)Oc2ccc(-c3ccccc3)cc2C1C(C#N)C(=O)OCC. The van der Waals surface area contributed by atoms with E-state index in [1.165, 1.54) is 0 Å². The van der Waals surface area contributed by atoms with E-state index in [2.05, 4.69) is 0 Å². The third kappa shape index (κ3) is 3.98. The Kier molecular flexibility index (Phi) is 6.38. The highest BCUT2D eigenvalue weighted by atomic mass is 16.5. The summed E-state index contributed by atoms with van der Waals surface area (Å²) in [4.78, 5) is 25.3. The standard InChI is InChI=1S/C23H22N2O5/c1-3-28-22(26)17(13-24)19-16-12-15(14-8-6-5-7-9-14)10-11-18(16)30-21(25)20(19)23(27)29-4-2/h5-12,17,19H,3-4,25H2,1-2H3. The van der Waals surface area contributed by atoms with E-state index < -0.39 is 23.8 Å². The zero-order chi connectivity index (χ0) is 21.7. The van der Waals surface area contributed by atoms with E-state index in [0.29, 0.717) is 11.3 Å². The first kappa shape index (κ1) is 20.9. The Morgan fingerprint density at radius 2 is 1.80 bits per heavy atom. The molecule has 1 heterocycles. The molecule has 0 aliphatic carbocycles. The predicted molar refractivity (Wildman–Crippen MR) is 109 cm³/mol. The lowest BCUT2D eigenvalue weighted by molar-refractivity contribution is -0.146. The molecule has 3 rings (SSSR count). The molecule has 1 aliphatic heterocycles. The minimum atomic E-state index is -1.29. The molecule has 7 nitrogen and oxygen atoms in total. The summed E-state index contributed by atoms with van der Waals surface area (Å²) in [6.07, 6.45) is 0. The van der Waals surface area contributed by atoms with E-state index in [1.807, 2.05) is 42.5 Å². The molecule has 0 saturated carbocycles. The number of benzene rings is 2. The number of carbonyl (C=O) groups is 2. The van der Waals surface area contributed by atoms with E-state index >= 15 is 0 Å². The molecule has 7 heteroatoms. The van der Waals surface area contributed by atoms with Crippen LogP contribution in [0, 0.1) is 17.2 Å². The van der Waals surface area contributed by atoms with Crippen molar-refractivity contribution in [2.75, 3.05) is 13.2 Å². The van der Waals surface area contributed by atoms with Crippen LogP contribution < -0.4 is 10.5 Å². The zero-order valence-electron chi connectivity index (χ0n) is 16.8. The Morgan fingerprint density at radius 1 is 1.10 bits per heavy atom. The molecule has 154 valence electrons. The summed E-state index contributed by atoms with van der Waals surface area (Å²) in [6, 6.07) is 16.9. The van der Waals surface area contributed by atoms with Crippen LogP contribution in [-0.4, -0.2) is 25.2 Å². The average molecular weight is 406 g/mol. The highest BCUT2D eigenvalue weighted by molar-refractivity contribution is 5.94. The number of hydrogen-bond donors (Lipinski definition) is 1. The average Bonchev–Trinajstić information content (AvgIpc) is 2.75. The smallest absolute Gasteiger partial charge is 0.340 e. The van der Waals surface area contributed by atoms with Gasteiger partial charge in [0, 0.05) is 5.56 Å². The highest BCUT2D eigenvalue weighted by Gasteiger charge is 2.43. The second kappa shape index (κ2) is 9.14. The number of nitrogens with two attached hydrogens (primary N) is 1. The van der Waals surface area contributed by atoms with E-state index in [9.17, 15) is 14.9 Å². The van der Waals surface area contributed by atoms with Crippen molar-refractivity contribution in [1.82, 2.24) is 0 Å². The Labute approximate surface area is 174 Å². The maximum atomic E-state index is 12.7. The van der Waals surface area contributed by atoms with Gasteiger partial charge < -0.3 is 19.9 Å². The maximum absolute atomic E-state index is 12.7. The van der Waals surface area contributed by atoms with Gasteiger partial charge in [-0.05, 0) is 37.1 Å². The number of nitrogens with zero attached hydrogens (tertiary/aromatic N) is 1. The molecule has 30 heavy (non-hydrogen) atoms. The van der Waals surface area contributed by atoms with Crippen molar-refractivity contribution >= 4 is 11.9 Å². The fraction of sp³-hybridized carbons (Fsp3) is 0.261. The normalized spacial score (nSPS) is 16.0. The Hall–Kier alpha value is -3.79. The van der Waals surface area contributed by atoms with Crippen molar-refractivity contribution in [3.63, 3.8) is 0 Å². The number of hydrogen-bond acceptors (Lipinski definition) is 7. The zero-order valence-corrected chi connectivity index (χ0v) is 16.8. The van der Waals surface area contributed by atoms with Crippen LogP contribution in [0.5, 0.6) is 5.75 Å². The van der Waals surface area contributed by atoms with Crippen LogP contribution in [0.15, 0.2) is 60.0 Å². The molecule has 0 radical (unpaired) electrons. The van der Waals surface area contributed by atoms with Crippen LogP contribution in [0.2, 0.25) is 0 Å². The summed E-state index contributed by atoms with van der Waals surface area (Å²) in [5, 5.41) is 9.80. The third-order valence-corrected chi connectivity index (χ3v) is 4.76. The second-order valence-corrected chi connectivity index (χ2v) is 6.56. The summed E-state index contributed by atoms with van der Waals surface area (Å²) in [7, 11) is 0. The lowest BCUT2D eigenvalue weighted by Crippen LogP contribution is -2.33. The predicted octanol–water partition coefficient (Wildman–Crippen LogP) is 3.27. The maximum Gasteiger partial charge on any atom is 0.340 e. The van der Waals surface area contributed by atoms with Gasteiger partial charge in [0.1, 0.15) is 11.3 Å². The molecule has 0 fully saturated rings. The van der Waals surface area contributed by atoms with Crippen molar-refractivity contribution in [1.29, 1.82) is 5.26 Å². The van der Waals surface area contributed by atoms with E-state index in [0.717, 1.165) is 11.1 Å². The molecular formula is C23H22N2O5. The molecule has 2 unspecified atom stereocenters. The van der Waals surface area contributed by atoms with Gasteiger partial charge >= 0.3 is 11.9 Å². The topological polar surface area (TPSA) is 112 Å². The summed E-state index contributed by atoms with van der Waals surface area (Å²) in [5.74, 6) is -3.58. The van der Waals surface area contributed by atoms with Gasteiger partial charge in [-0.15, -0.1) is 0 Å². The first-order valence-corrected chi connectivity index (χ1v) is 9.62. The minimum absolute atomic E-state index is 0.0610. The van der Waals surface area contributed by atoms with Gasteiger partial charge in [0.15, 0.2) is 5.92 Å². The number of ether oxygens (including phenoxy) is 3. The molecule has 2 aromatic rings. The summed E-state index contributed by atoms with van der Waals surface area (Å²) in [6.45, 7) is 3.51. The van der Waals surface area contributed by atoms with Crippen molar-refractivity contribution in [2.45, 2.75) is 19.8 Å². The molecule has 0 aromatic heterocycles. The largest absolute Gasteiger partial charge is 0.465 e. The van der Waals surface area contributed by atoms with E-state index in [1.54, 1.807) is 26.0 Å². The van der Waals surface area contributed by atoms with Gasteiger partial charge in [-0.1, -0.05) is 36.4 Å². The Balaban J connectivity index is 2.18. The van der Waals surface area contributed by atoms with Crippen LogP contribution in [0.25, 0.3) is 11.1 Å². The molecule has 2 N–H and O–H groups in total. The molecule has 2 atom stereocenters. The van der Waals surface area contributed by atoms with Gasteiger partial charge in [-0.3, -0.25) is 4.79 Å². The number of carbonyl (C=O) groups excluding carboxylic acids is 2. The fourth-order valence-electron chi connectivity index (χ4n) is 3.45. The molecule has 0 bridgehead atoms. The van der Waals surface area contributed by atoms with Gasteiger partial charge in [-0.25, -0.2) is 4.79 Å². The van der Waals surface area contributed by atoms with Gasteiger partial charge in [0.25, 0.3) is 0 Å². The van der Waals surface area contributed by atoms with E-state index in [-0.39, 0.29) is 24.7 Å². The van der Waals surface area contributed by atoms with Crippen LogP contribution >= 0.6 is 0 Å². The van der Waals surface area contributed by atoms with Crippen LogP contribution in [-0.2, 0) is 19.1 Å². The van der Waals surface area contributed by atoms with E-state index in [4.69, 9.17) is 19.9 Å². The van der Waals surface area contributed by atoms with Gasteiger partial charge in [0.05, 0.1) is 25.2 Å². The summed E-state index contributed by atoms with van der Waals surface area (Å²) in [5.41, 5.74) is 8.23. The van der Waals surface area contributed by atoms with Crippen LogP contribution in [0.3, 0.4) is 0 Å². The molecule has 2 aromatic carbocycles. The number of fused-ring (bicyclic) bond motifs is 1. The Bertz CT molecular complexity index is 1020. The molecule has 0 spiro atoms. The van der Waals surface area contributed by atoms with Crippen molar-refractivity contribution in [3.8, 4) is 22.9 Å². The van der Waals surface area contributed by atoms with Crippen molar-refractivity contribution in [2.24, 2.45) is 11.7 Å². The first-order valence-electron chi connectivity index (χ1n) is 9.62. The molecular weight excluding hydrogens is 384 g/mol. The monoisotopic (exact) mass is 406 g/mol. The summed E-state index contributed by atoms with van der Waals surface area (Å²) < 4.78 is 15.9. The van der Waals surface area contributed by atoms with Crippen LogP contribution in [0.4, 0.5) is 0 Å². The van der Waals surface area contributed by atoms with Crippen molar-refractivity contribution < 1.29 is 23.8 Å². The lowest BCUT2D eigenvalue weighted by atomic mass is 9.78. The molecule has 1 aliphatic rings. The third-order valence-electron chi connectivity index (χ3n) is 4.76. The molecule has 0 saturated heterocycles. The summed E-state index contributed by atoms with van der Waals surface area (Å²) >= 11 is 0. The molecule has 0 amide bonds. The minimum Gasteiger partial charge on any atom is -0.465 e. The number of esters is 2. The first-order chi connectivity index (χ1) is 14.5. The van der Waals surface area contributed by atoms with Crippen molar-refractivity contribution in [3.05, 3.63) is 65.6 Å². The fourth-order valence-corrected chi connectivity index (χ4v) is 3.45. The van der Waals surface area contributed by atoms with Crippen LogP contribution in [0.1, 0.15) is 25.3 Å². The van der Waals surface area contributed by atoms with Gasteiger partial charge in [-0.2, -0.15) is 5.26 Å².